The fraction of sp³-hybridized carbons (Fsp3) is 0.444. The van der Waals surface area contributed by atoms with Crippen molar-refractivity contribution in [3.8, 4) is 0 Å². The number of hydrogen-bond acceptors (Lipinski definition) is 5. The standard InChI is InChI=1S/C18H15ClN2O5/c19-8-3-1-7(2-4-8)15-14-9-5-10(16(14)26-20-15)13-12(9)17(24)21(18(13)25)6-11(22)23/h1-4,9-10,12-14,16H,5-6H2,(H,22,23). The van der Waals surface area contributed by atoms with Crippen LogP contribution in [-0.4, -0.2) is 46.2 Å². The number of halogens is 1. The zero-order valence-corrected chi connectivity index (χ0v) is 14.3. The number of rotatable bonds is 3. The molecule has 3 fully saturated rings. The topological polar surface area (TPSA) is 96.3 Å². The molecule has 134 valence electrons. The quantitative estimate of drug-likeness (QED) is 0.806. The van der Waals surface area contributed by atoms with Crippen LogP contribution in [0.4, 0.5) is 0 Å². The highest BCUT2D eigenvalue weighted by Gasteiger charge is 2.70. The van der Waals surface area contributed by atoms with Crippen molar-refractivity contribution in [3.05, 3.63) is 34.9 Å². The van der Waals surface area contributed by atoms with Crippen LogP contribution in [0.15, 0.2) is 29.4 Å². The number of imide groups is 1. The van der Waals surface area contributed by atoms with Gasteiger partial charge in [0.25, 0.3) is 0 Å². The molecule has 8 heteroatoms. The highest BCUT2D eigenvalue weighted by atomic mass is 35.5. The molecule has 6 atom stereocenters. The molecule has 7 nitrogen and oxygen atoms in total. The molecule has 6 unspecified atom stereocenters. The SMILES string of the molecule is O=C(O)CN1C(=O)C2C3CC(C4C(c5ccc(Cl)cc5)=NOC34)C2C1=O. The number of fused-ring (bicyclic) bond motifs is 8. The largest absolute Gasteiger partial charge is 0.480 e. The lowest BCUT2D eigenvalue weighted by Crippen LogP contribution is -2.41. The molecule has 2 aliphatic heterocycles. The number of carboxylic acids is 1. The predicted molar refractivity (Wildman–Crippen MR) is 89.3 cm³/mol. The number of carboxylic acid groups (broad SMARTS) is 1. The molecule has 1 saturated heterocycles. The third kappa shape index (κ3) is 1.95. The fourth-order valence-electron chi connectivity index (χ4n) is 5.34. The first-order valence-corrected chi connectivity index (χ1v) is 8.92. The number of aliphatic carboxylic acids is 1. The van der Waals surface area contributed by atoms with Crippen LogP contribution in [0, 0.1) is 29.6 Å². The molecule has 2 amide bonds. The zero-order valence-electron chi connectivity index (χ0n) is 13.5. The van der Waals surface area contributed by atoms with E-state index >= 15 is 0 Å². The van der Waals surface area contributed by atoms with Gasteiger partial charge in [0.15, 0.2) is 0 Å². The first-order chi connectivity index (χ1) is 12.5. The average Bonchev–Trinajstić information content (AvgIpc) is 3.32. The Bertz CT molecular complexity index is 867. The first-order valence-electron chi connectivity index (χ1n) is 8.54. The van der Waals surface area contributed by atoms with Crippen molar-refractivity contribution in [3.63, 3.8) is 0 Å². The number of benzene rings is 1. The van der Waals surface area contributed by atoms with E-state index < -0.39 is 24.3 Å². The maximum atomic E-state index is 12.7. The van der Waals surface area contributed by atoms with Crippen molar-refractivity contribution in [2.75, 3.05) is 6.54 Å². The number of amides is 2. The lowest BCUT2D eigenvalue weighted by Gasteiger charge is -2.29. The molecular formula is C18H15ClN2O5. The Labute approximate surface area is 153 Å². The van der Waals surface area contributed by atoms with Gasteiger partial charge in [-0.05, 0) is 30.0 Å². The van der Waals surface area contributed by atoms with Gasteiger partial charge < -0.3 is 9.94 Å². The lowest BCUT2D eigenvalue weighted by atomic mass is 9.71. The predicted octanol–water partition coefficient (Wildman–Crippen LogP) is 1.39. The third-order valence-electron chi connectivity index (χ3n) is 6.22. The molecule has 5 rings (SSSR count). The van der Waals surface area contributed by atoms with Crippen molar-refractivity contribution >= 4 is 35.1 Å². The molecule has 0 spiro atoms. The van der Waals surface area contributed by atoms with Gasteiger partial charge >= 0.3 is 5.97 Å². The molecule has 1 aromatic rings. The summed E-state index contributed by atoms with van der Waals surface area (Å²) in [5, 5.41) is 13.9. The summed E-state index contributed by atoms with van der Waals surface area (Å²) in [6.45, 7) is -0.571. The molecule has 26 heavy (non-hydrogen) atoms. The normalized spacial score (nSPS) is 36.8. The van der Waals surface area contributed by atoms with E-state index in [0.717, 1.165) is 22.6 Å². The average molecular weight is 375 g/mol. The van der Waals surface area contributed by atoms with E-state index in [0.29, 0.717) is 5.02 Å². The summed E-state index contributed by atoms with van der Waals surface area (Å²) in [5.41, 5.74) is 1.68. The Morgan fingerprint density at radius 3 is 2.46 bits per heavy atom. The fourth-order valence-corrected chi connectivity index (χ4v) is 5.46. The summed E-state index contributed by atoms with van der Waals surface area (Å²) in [5.74, 6) is -3.07. The molecular weight excluding hydrogens is 360 g/mol. The van der Waals surface area contributed by atoms with Crippen LogP contribution in [0.3, 0.4) is 0 Å². The summed E-state index contributed by atoms with van der Waals surface area (Å²) in [7, 11) is 0. The van der Waals surface area contributed by atoms with Crippen LogP contribution in [0.5, 0.6) is 0 Å². The number of carbonyl (C=O) groups excluding carboxylic acids is 2. The molecule has 2 heterocycles. The van der Waals surface area contributed by atoms with Crippen LogP contribution >= 0.6 is 11.6 Å². The Morgan fingerprint density at radius 2 is 1.81 bits per heavy atom. The Kier molecular flexibility index (Phi) is 3.22. The van der Waals surface area contributed by atoms with Crippen LogP contribution in [0.2, 0.25) is 5.02 Å². The highest BCUT2D eigenvalue weighted by molar-refractivity contribution is 6.30. The lowest BCUT2D eigenvalue weighted by molar-refractivity contribution is -0.150. The van der Waals surface area contributed by atoms with Crippen molar-refractivity contribution in [1.29, 1.82) is 0 Å². The minimum atomic E-state index is -1.18. The van der Waals surface area contributed by atoms with Crippen LogP contribution in [-0.2, 0) is 19.2 Å². The summed E-state index contributed by atoms with van der Waals surface area (Å²) < 4.78 is 0. The number of nitrogens with zero attached hydrogens (tertiary/aromatic N) is 2. The molecule has 4 aliphatic rings. The van der Waals surface area contributed by atoms with E-state index in [9.17, 15) is 14.4 Å². The van der Waals surface area contributed by atoms with E-state index in [4.69, 9.17) is 21.5 Å². The zero-order chi connectivity index (χ0) is 18.2. The minimum absolute atomic E-state index is 0.0519. The number of oxime groups is 1. The first kappa shape index (κ1) is 15.8. The smallest absolute Gasteiger partial charge is 0.323 e. The molecule has 1 N–H and O–H groups in total. The van der Waals surface area contributed by atoms with Gasteiger partial charge in [-0.1, -0.05) is 28.9 Å². The second-order valence-electron chi connectivity index (χ2n) is 7.35. The second-order valence-corrected chi connectivity index (χ2v) is 7.79. The van der Waals surface area contributed by atoms with Gasteiger partial charge in [0.2, 0.25) is 11.8 Å². The molecule has 0 radical (unpaired) electrons. The Hall–Kier alpha value is -2.41. The second kappa shape index (κ2) is 5.30. The van der Waals surface area contributed by atoms with Crippen LogP contribution in [0.25, 0.3) is 0 Å². The van der Waals surface area contributed by atoms with Crippen molar-refractivity contribution in [2.24, 2.45) is 34.7 Å². The van der Waals surface area contributed by atoms with E-state index in [1.54, 1.807) is 12.1 Å². The summed E-state index contributed by atoms with van der Waals surface area (Å²) >= 11 is 5.95. The molecule has 2 saturated carbocycles. The van der Waals surface area contributed by atoms with Crippen molar-refractivity contribution < 1.29 is 24.3 Å². The van der Waals surface area contributed by atoms with Crippen molar-refractivity contribution in [1.82, 2.24) is 4.90 Å². The molecule has 1 aromatic carbocycles. The van der Waals surface area contributed by atoms with E-state index in [-0.39, 0.29) is 35.7 Å². The number of likely N-dealkylation sites (tertiary alicyclic amines) is 1. The minimum Gasteiger partial charge on any atom is -0.480 e. The summed E-state index contributed by atoms with van der Waals surface area (Å²) in [6, 6.07) is 7.30. The Balaban J connectivity index is 1.47. The van der Waals surface area contributed by atoms with Gasteiger partial charge in [-0.2, -0.15) is 0 Å². The third-order valence-corrected chi connectivity index (χ3v) is 6.47. The summed E-state index contributed by atoms with van der Waals surface area (Å²) in [4.78, 5) is 43.0. The van der Waals surface area contributed by atoms with Gasteiger partial charge in [0.05, 0.1) is 17.5 Å². The highest BCUT2D eigenvalue weighted by Crippen LogP contribution is 2.61. The monoisotopic (exact) mass is 374 g/mol. The number of carbonyl (C=O) groups is 3. The van der Waals surface area contributed by atoms with Gasteiger partial charge in [-0.25, -0.2) is 0 Å². The Morgan fingerprint density at radius 1 is 1.15 bits per heavy atom. The van der Waals surface area contributed by atoms with Gasteiger partial charge in [-0.3, -0.25) is 19.3 Å². The summed E-state index contributed by atoms with van der Waals surface area (Å²) in [6.07, 6.45) is 0.504. The number of hydrogen-bond donors (Lipinski definition) is 1. The van der Waals surface area contributed by atoms with Crippen molar-refractivity contribution in [2.45, 2.75) is 12.5 Å². The van der Waals surface area contributed by atoms with Crippen LogP contribution in [0.1, 0.15) is 12.0 Å². The maximum absolute atomic E-state index is 12.7. The van der Waals surface area contributed by atoms with Gasteiger partial charge in [0, 0.05) is 16.9 Å². The van der Waals surface area contributed by atoms with E-state index in [1.807, 2.05) is 12.1 Å². The van der Waals surface area contributed by atoms with Gasteiger partial charge in [0.1, 0.15) is 12.6 Å². The molecule has 2 aliphatic carbocycles. The molecule has 2 bridgehead atoms. The van der Waals surface area contributed by atoms with E-state index in [1.165, 1.54) is 0 Å². The maximum Gasteiger partial charge on any atom is 0.323 e. The van der Waals surface area contributed by atoms with E-state index in [2.05, 4.69) is 5.16 Å². The van der Waals surface area contributed by atoms with Crippen LogP contribution < -0.4 is 0 Å². The van der Waals surface area contributed by atoms with Gasteiger partial charge in [-0.15, -0.1) is 0 Å². The molecule has 0 aromatic heterocycles.